The summed E-state index contributed by atoms with van der Waals surface area (Å²) in [4.78, 5) is 34.9. The van der Waals surface area contributed by atoms with Crippen LogP contribution >= 0.6 is 0 Å². The topological polar surface area (TPSA) is 104 Å². The normalized spacial score (nSPS) is 15.6. The number of hydrogen-bond acceptors (Lipinski definition) is 6. The third-order valence-electron chi connectivity index (χ3n) is 6.86. The third-order valence-corrected chi connectivity index (χ3v) is 8.57. The van der Waals surface area contributed by atoms with E-state index in [1.54, 1.807) is 10.8 Å². The number of nitrogens with one attached hydrogen (secondary N) is 1. The van der Waals surface area contributed by atoms with Crippen molar-refractivity contribution in [2.45, 2.75) is 77.2 Å². The van der Waals surface area contributed by atoms with Gasteiger partial charge in [-0.05, 0) is 45.1 Å². The molecule has 0 unspecified atom stereocenters. The first-order valence-electron chi connectivity index (χ1n) is 13.2. The second kappa shape index (κ2) is 13.1. The van der Waals surface area contributed by atoms with Crippen LogP contribution in [-0.4, -0.2) is 60.4 Å². The van der Waals surface area contributed by atoms with Crippen LogP contribution in [0.4, 0.5) is 0 Å². The number of pyridine rings is 1. The lowest BCUT2D eigenvalue weighted by Gasteiger charge is -2.33. The zero-order valence-electron chi connectivity index (χ0n) is 22.3. The summed E-state index contributed by atoms with van der Waals surface area (Å²) in [5.74, 6) is 0. The number of nitrogens with zero attached hydrogens (tertiary/aromatic N) is 4. The molecule has 0 saturated carbocycles. The number of fused-ring (bicyclic) bond motifs is 1. The highest BCUT2D eigenvalue weighted by molar-refractivity contribution is 6.76. The van der Waals surface area contributed by atoms with Crippen molar-refractivity contribution >= 4 is 25.1 Å². The zero-order valence-corrected chi connectivity index (χ0v) is 23.3. The summed E-state index contributed by atoms with van der Waals surface area (Å²) in [6, 6.07) is 3.39. The van der Waals surface area contributed by atoms with E-state index in [9.17, 15) is 9.59 Å². The van der Waals surface area contributed by atoms with Crippen molar-refractivity contribution in [3.8, 4) is 6.07 Å². The Bertz CT molecular complexity index is 1200. The molecule has 2 aromatic heterocycles. The van der Waals surface area contributed by atoms with Crippen LogP contribution in [0.5, 0.6) is 0 Å². The fourth-order valence-electron chi connectivity index (χ4n) is 4.67. The van der Waals surface area contributed by atoms with Crippen LogP contribution in [0.3, 0.4) is 0 Å². The van der Waals surface area contributed by atoms with Crippen LogP contribution < -0.4 is 11.2 Å². The third kappa shape index (κ3) is 7.73. The Labute approximate surface area is 215 Å². The molecule has 1 aliphatic rings. The molecule has 1 aliphatic heterocycles. The lowest BCUT2D eigenvalue weighted by atomic mass is 10.0. The molecule has 1 N–H and O–H groups in total. The number of aryl methyl sites for hydroxylation is 1. The van der Waals surface area contributed by atoms with E-state index in [4.69, 9.17) is 10.00 Å². The molecular formula is C27H41N5O3Si. The molecule has 3 rings (SSSR count). The summed E-state index contributed by atoms with van der Waals surface area (Å²) in [5.41, 5.74) is 1.57. The van der Waals surface area contributed by atoms with Crippen molar-refractivity contribution in [1.82, 2.24) is 19.4 Å². The van der Waals surface area contributed by atoms with Crippen LogP contribution in [0.1, 0.15) is 55.8 Å². The van der Waals surface area contributed by atoms with E-state index in [1.807, 2.05) is 13.0 Å². The fourth-order valence-corrected chi connectivity index (χ4v) is 5.42. The second-order valence-electron chi connectivity index (χ2n) is 11.0. The molecule has 0 bridgehead atoms. The predicted octanol–water partition coefficient (Wildman–Crippen LogP) is 4.48. The minimum Gasteiger partial charge on any atom is -0.382 e. The molecule has 0 atom stereocenters. The quantitative estimate of drug-likeness (QED) is 0.333. The molecule has 2 aromatic rings. The van der Waals surface area contributed by atoms with Crippen LogP contribution in [0.15, 0.2) is 21.9 Å². The first kappa shape index (κ1) is 28.0. The highest BCUT2D eigenvalue weighted by Gasteiger charge is 2.24. The van der Waals surface area contributed by atoms with Gasteiger partial charge < -0.3 is 9.64 Å². The minimum atomic E-state index is -1.04. The maximum absolute atomic E-state index is 13.0. The number of H-pyrrole nitrogens is 1. The number of aromatic amines is 1. The molecule has 0 spiro atoms. The molecule has 0 aromatic carbocycles. The van der Waals surface area contributed by atoms with E-state index in [0.717, 1.165) is 76.2 Å². The van der Waals surface area contributed by atoms with Gasteiger partial charge in [-0.1, -0.05) is 31.8 Å². The summed E-state index contributed by atoms with van der Waals surface area (Å²) < 4.78 is 7.57. The largest absolute Gasteiger partial charge is 0.382 e. The number of nitriles is 1. The standard InChI is InChI=1S/C27H41N5O3Si/c1-21-23(10-7-5-6-8-17-35-18-19-36(2,3)4)25-24(20-29-21)26(33)30-27(34)32(25)22-11-15-31(16-12-22)14-9-13-28/h7,10,20,22H,5-6,8-9,11-12,14-19H2,1-4H3,(H,30,33,34)/b10-7-. The van der Waals surface area contributed by atoms with Crippen LogP contribution in [0, 0.1) is 18.3 Å². The Kier molecular flexibility index (Phi) is 10.2. The first-order valence-corrected chi connectivity index (χ1v) is 16.9. The number of likely N-dealkylation sites (tertiary alicyclic amines) is 1. The van der Waals surface area contributed by atoms with Gasteiger partial charge in [0.15, 0.2) is 0 Å². The van der Waals surface area contributed by atoms with Gasteiger partial charge in [0, 0.05) is 70.8 Å². The van der Waals surface area contributed by atoms with E-state index in [0.29, 0.717) is 17.3 Å². The Morgan fingerprint density at radius 2 is 1.97 bits per heavy atom. The molecule has 36 heavy (non-hydrogen) atoms. The molecule has 3 heterocycles. The number of ether oxygens (including phenoxy) is 1. The van der Waals surface area contributed by atoms with Gasteiger partial charge in [0.2, 0.25) is 0 Å². The first-order chi connectivity index (χ1) is 17.2. The molecular weight excluding hydrogens is 470 g/mol. The van der Waals surface area contributed by atoms with Gasteiger partial charge in [-0.25, -0.2) is 4.79 Å². The number of hydrogen-bond donors (Lipinski definition) is 1. The van der Waals surface area contributed by atoms with E-state index < -0.39 is 13.6 Å². The van der Waals surface area contributed by atoms with E-state index in [1.165, 1.54) is 6.04 Å². The van der Waals surface area contributed by atoms with Crippen molar-refractivity contribution in [3.63, 3.8) is 0 Å². The zero-order chi connectivity index (χ0) is 26.1. The second-order valence-corrected chi connectivity index (χ2v) is 16.6. The molecule has 196 valence electrons. The Balaban J connectivity index is 1.73. The molecule has 0 amide bonds. The van der Waals surface area contributed by atoms with Gasteiger partial charge in [-0.3, -0.25) is 19.3 Å². The van der Waals surface area contributed by atoms with Gasteiger partial charge in [0.1, 0.15) is 0 Å². The summed E-state index contributed by atoms with van der Waals surface area (Å²) in [6.45, 7) is 13.1. The van der Waals surface area contributed by atoms with Crippen LogP contribution in [0.2, 0.25) is 25.7 Å². The van der Waals surface area contributed by atoms with Crippen molar-refractivity contribution < 1.29 is 4.74 Å². The maximum Gasteiger partial charge on any atom is 0.329 e. The number of aromatic nitrogens is 3. The number of unbranched alkanes of at least 4 members (excludes halogenated alkanes) is 2. The lowest BCUT2D eigenvalue weighted by molar-refractivity contribution is 0.143. The van der Waals surface area contributed by atoms with E-state index in [-0.39, 0.29) is 11.7 Å². The Hall–Kier alpha value is -2.54. The van der Waals surface area contributed by atoms with Crippen molar-refractivity contribution in [1.29, 1.82) is 5.26 Å². The lowest BCUT2D eigenvalue weighted by Crippen LogP contribution is -2.40. The van der Waals surface area contributed by atoms with Crippen molar-refractivity contribution in [2.75, 3.05) is 32.8 Å². The summed E-state index contributed by atoms with van der Waals surface area (Å²) in [5, 5.41) is 9.32. The Morgan fingerprint density at radius 3 is 2.67 bits per heavy atom. The highest BCUT2D eigenvalue weighted by atomic mass is 28.3. The minimum absolute atomic E-state index is 0.00237. The van der Waals surface area contributed by atoms with Crippen molar-refractivity contribution in [2.24, 2.45) is 0 Å². The summed E-state index contributed by atoms with van der Waals surface area (Å²) in [6.07, 6.45) is 10.8. The number of allylic oxidation sites excluding steroid dienone is 1. The molecule has 0 aliphatic carbocycles. The average Bonchev–Trinajstić information content (AvgIpc) is 2.82. The summed E-state index contributed by atoms with van der Waals surface area (Å²) >= 11 is 0. The molecule has 1 fully saturated rings. The van der Waals surface area contributed by atoms with Crippen LogP contribution in [0.25, 0.3) is 17.0 Å². The Morgan fingerprint density at radius 1 is 1.22 bits per heavy atom. The predicted molar refractivity (Wildman–Crippen MR) is 148 cm³/mol. The van der Waals surface area contributed by atoms with E-state index >= 15 is 0 Å². The molecule has 0 radical (unpaired) electrons. The molecule has 9 heteroatoms. The van der Waals surface area contributed by atoms with Gasteiger partial charge in [-0.2, -0.15) is 5.26 Å². The summed E-state index contributed by atoms with van der Waals surface area (Å²) in [7, 11) is -1.04. The van der Waals surface area contributed by atoms with Gasteiger partial charge >= 0.3 is 5.69 Å². The number of rotatable bonds is 12. The maximum atomic E-state index is 13.0. The monoisotopic (exact) mass is 511 g/mol. The smallest absolute Gasteiger partial charge is 0.329 e. The SMILES string of the molecule is Cc1ncc2c(=O)[nH]c(=O)n(C3CCN(CCC#N)CC3)c2c1/C=C\CCCCOCC[Si](C)(C)C. The average molecular weight is 512 g/mol. The van der Waals surface area contributed by atoms with Gasteiger partial charge in [0.05, 0.1) is 17.0 Å². The van der Waals surface area contributed by atoms with Crippen molar-refractivity contribution in [3.05, 3.63) is 44.4 Å². The van der Waals surface area contributed by atoms with Gasteiger partial charge in [0.25, 0.3) is 5.56 Å². The van der Waals surface area contributed by atoms with Crippen LogP contribution in [-0.2, 0) is 4.74 Å². The fraction of sp³-hybridized carbons (Fsp3) is 0.630. The molecule has 1 saturated heterocycles. The number of piperidine rings is 1. The molecule has 8 nitrogen and oxygen atoms in total. The van der Waals surface area contributed by atoms with Gasteiger partial charge in [-0.15, -0.1) is 0 Å². The van der Waals surface area contributed by atoms with E-state index in [2.05, 4.69) is 46.7 Å². The highest BCUT2D eigenvalue weighted by Crippen LogP contribution is 2.27.